The van der Waals surface area contributed by atoms with Crippen LogP contribution in [0.25, 0.3) is 11.0 Å². The number of hydrogen-bond acceptors (Lipinski definition) is 3. The normalized spacial score (nSPS) is 11.9. The highest BCUT2D eigenvalue weighted by Gasteiger charge is 2.18. The van der Waals surface area contributed by atoms with Gasteiger partial charge in [-0.1, -0.05) is 48.5 Å². The van der Waals surface area contributed by atoms with Gasteiger partial charge in [-0.2, -0.15) is 0 Å². The van der Waals surface area contributed by atoms with E-state index in [0.29, 0.717) is 0 Å². The fraction of sp³-hybridized carbons (Fsp3) is 0.130. The molecule has 140 valence electrons. The van der Waals surface area contributed by atoms with E-state index in [1.54, 1.807) is 13.4 Å². The molecule has 4 aromatic rings. The van der Waals surface area contributed by atoms with Crippen LogP contribution in [-0.4, -0.2) is 23.0 Å². The Labute approximate surface area is 163 Å². The number of hydrogen-bond donors (Lipinski definition) is 2. The Balaban J connectivity index is 1.61. The van der Waals surface area contributed by atoms with E-state index >= 15 is 0 Å². The average molecular weight is 371 g/mol. The summed E-state index contributed by atoms with van der Waals surface area (Å²) < 4.78 is 5.25. The molecule has 0 spiro atoms. The van der Waals surface area contributed by atoms with E-state index in [0.717, 1.165) is 33.5 Å². The van der Waals surface area contributed by atoms with E-state index in [4.69, 9.17) is 4.74 Å². The molecule has 28 heavy (non-hydrogen) atoms. The van der Waals surface area contributed by atoms with Crippen LogP contribution in [0.1, 0.15) is 22.7 Å². The number of methoxy groups -OCH3 is 1. The van der Waals surface area contributed by atoms with Crippen molar-refractivity contribution in [3.63, 3.8) is 0 Å². The second-order valence-corrected chi connectivity index (χ2v) is 6.62. The monoisotopic (exact) mass is 371 g/mol. The largest absolute Gasteiger partial charge is 0.497 e. The van der Waals surface area contributed by atoms with Crippen LogP contribution in [0.4, 0.5) is 0 Å². The predicted molar refractivity (Wildman–Crippen MR) is 109 cm³/mol. The van der Waals surface area contributed by atoms with Crippen LogP contribution >= 0.6 is 0 Å². The molecule has 0 radical (unpaired) electrons. The molecule has 1 amide bonds. The van der Waals surface area contributed by atoms with Crippen LogP contribution in [0.5, 0.6) is 5.75 Å². The summed E-state index contributed by atoms with van der Waals surface area (Å²) in [5.41, 5.74) is 4.79. The first kappa shape index (κ1) is 17.8. The molecule has 3 aromatic carbocycles. The molecule has 0 aliphatic rings. The first-order valence-electron chi connectivity index (χ1n) is 9.13. The maximum absolute atomic E-state index is 12.8. The third-order valence-electron chi connectivity index (χ3n) is 4.71. The van der Waals surface area contributed by atoms with E-state index in [2.05, 4.69) is 15.3 Å². The molecule has 1 heterocycles. The van der Waals surface area contributed by atoms with Crippen molar-refractivity contribution in [1.82, 2.24) is 15.3 Å². The van der Waals surface area contributed by atoms with Gasteiger partial charge in [-0.05, 0) is 41.0 Å². The number of nitrogens with zero attached hydrogens (tertiary/aromatic N) is 1. The summed E-state index contributed by atoms with van der Waals surface area (Å²) in [5, 5.41) is 3.18. The van der Waals surface area contributed by atoms with Crippen LogP contribution in [0.15, 0.2) is 79.1 Å². The van der Waals surface area contributed by atoms with Crippen molar-refractivity contribution in [2.45, 2.75) is 12.5 Å². The zero-order valence-electron chi connectivity index (χ0n) is 15.6. The lowest BCUT2D eigenvalue weighted by molar-refractivity contribution is -0.120. The first-order valence-corrected chi connectivity index (χ1v) is 9.13. The third-order valence-corrected chi connectivity index (χ3v) is 4.71. The molecule has 1 atom stereocenters. The number of aromatic amines is 1. The number of H-pyrrole nitrogens is 1. The molecule has 0 saturated carbocycles. The summed E-state index contributed by atoms with van der Waals surface area (Å²) in [5.74, 6) is 0.696. The van der Waals surface area contributed by atoms with Gasteiger partial charge in [0.1, 0.15) is 5.75 Å². The van der Waals surface area contributed by atoms with E-state index in [1.807, 2.05) is 72.8 Å². The van der Waals surface area contributed by atoms with Crippen LogP contribution in [0.3, 0.4) is 0 Å². The number of ether oxygens (including phenoxy) is 1. The van der Waals surface area contributed by atoms with Crippen molar-refractivity contribution in [3.05, 3.63) is 95.8 Å². The quantitative estimate of drug-likeness (QED) is 0.538. The molecule has 1 unspecified atom stereocenters. The number of nitrogens with one attached hydrogen (secondary N) is 2. The fourth-order valence-electron chi connectivity index (χ4n) is 3.32. The zero-order valence-corrected chi connectivity index (χ0v) is 15.6. The molecule has 0 bridgehead atoms. The lowest BCUT2D eigenvalue weighted by Gasteiger charge is -2.20. The highest BCUT2D eigenvalue weighted by atomic mass is 16.5. The summed E-state index contributed by atoms with van der Waals surface area (Å²) >= 11 is 0. The maximum atomic E-state index is 12.8. The van der Waals surface area contributed by atoms with Crippen molar-refractivity contribution in [2.75, 3.05) is 7.11 Å². The minimum absolute atomic E-state index is 0.0492. The second-order valence-electron chi connectivity index (χ2n) is 6.62. The Hall–Kier alpha value is -3.60. The number of aromatic nitrogens is 2. The molecule has 0 aliphatic heterocycles. The van der Waals surface area contributed by atoms with Gasteiger partial charge in [0.25, 0.3) is 0 Å². The van der Waals surface area contributed by atoms with Crippen LogP contribution in [0.2, 0.25) is 0 Å². The molecule has 1 aromatic heterocycles. The molecule has 0 aliphatic carbocycles. The Morgan fingerprint density at radius 3 is 2.71 bits per heavy atom. The molecule has 2 N–H and O–H groups in total. The van der Waals surface area contributed by atoms with E-state index < -0.39 is 0 Å². The number of imidazole rings is 1. The molecule has 5 nitrogen and oxygen atoms in total. The summed E-state index contributed by atoms with van der Waals surface area (Å²) in [6, 6.07) is 23.3. The van der Waals surface area contributed by atoms with Gasteiger partial charge < -0.3 is 15.0 Å². The number of carbonyl (C=O) groups excluding carboxylic acids is 1. The van der Waals surface area contributed by atoms with Gasteiger partial charge in [0, 0.05) is 0 Å². The third kappa shape index (κ3) is 3.88. The van der Waals surface area contributed by atoms with Crippen molar-refractivity contribution in [3.8, 4) is 5.75 Å². The van der Waals surface area contributed by atoms with Crippen molar-refractivity contribution >= 4 is 16.9 Å². The van der Waals surface area contributed by atoms with Gasteiger partial charge in [0.05, 0.1) is 36.9 Å². The minimum Gasteiger partial charge on any atom is -0.497 e. The van der Waals surface area contributed by atoms with Gasteiger partial charge in [-0.25, -0.2) is 4.98 Å². The average Bonchev–Trinajstić information content (AvgIpc) is 3.20. The van der Waals surface area contributed by atoms with Crippen molar-refractivity contribution < 1.29 is 9.53 Å². The van der Waals surface area contributed by atoms with Crippen LogP contribution < -0.4 is 10.1 Å². The Bertz CT molecular complexity index is 1090. The Morgan fingerprint density at radius 1 is 1.04 bits per heavy atom. The number of amides is 1. The van der Waals surface area contributed by atoms with E-state index in [-0.39, 0.29) is 18.4 Å². The van der Waals surface area contributed by atoms with Crippen molar-refractivity contribution in [2.24, 2.45) is 0 Å². The maximum Gasteiger partial charge on any atom is 0.225 e. The number of carbonyl (C=O) groups is 1. The van der Waals surface area contributed by atoms with Gasteiger partial charge in [0.2, 0.25) is 5.91 Å². The zero-order chi connectivity index (χ0) is 19.3. The molecule has 0 saturated heterocycles. The van der Waals surface area contributed by atoms with E-state index in [1.165, 1.54) is 0 Å². The second kappa shape index (κ2) is 7.96. The fourth-order valence-corrected chi connectivity index (χ4v) is 3.32. The Morgan fingerprint density at radius 2 is 1.89 bits per heavy atom. The summed E-state index contributed by atoms with van der Waals surface area (Å²) in [7, 11) is 1.62. The summed E-state index contributed by atoms with van der Waals surface area (Å²) in [6.45, 7) is 0. The predicted octanol–water partition coefficient (Wildman–Crippen LogP) is 4.02. The highest BCUT2D eigenvalue weighted by molar-refractivity contribution is 5.80. The molecule has 0 fully saturated rings. The summed E-state index contributed by atoms with van der Waals surface area (Å²) in [6.07, 6.45) is 1.96. The molecule has 5 heteroatoms. The van der Waals surface area contributed by atoms with Gasteiger partial charge in [-0.3, -0.25) is 4.79 Å². The molecule has 4 rings (SSSR count). The molecular weight excluding hydrogens is 350 g/mol. The minimum atomic E-state index is -0.244. The van der Waals surface area contributed by atoms with Gasteiger partial charge in [0.15, 0.2) is 0 Å². The first-order chi connectivity index (χ1) is 13.7. The standard InChI is InChI=1S/C23H21N3O2/c1-28-19-9-5-6-16(12-19)13-22(27)26-23(17-7-3-2-4-8-17)18-10-11-20-21(14-18)25-15-24-20/h2-12,14-15,23H,13H2,1H3,(H,24,25)(H,26,27). The SMILES string of the molecule is COc1cccc(CC(=O)NC(c2ccccc2)c2ccc3nc[nH]c3c2)c1. The topological polar surface area (TPSA) is 67.0 Å². The lowest BCUT2D eigenvalue weighted by Crippen LogP contribution is -2.30. The smallest absolute Gasteiger partial charge is 0.225 e. The van der Waals surface area contributed by atoms with Gasteiger partial charge >= 0.3 is 0 Å². The van der Waals surface area contributed by atoms with Crippen molar-refractivity contribution in [1.29, 1.82) is 0 Å². The molecular formula is C23H21N3O2. The lowest BCUT2D eigenvalue weighted by atomic mass is 9.97. The van der Waals surface area contributed by atoms with Crippen LogP contribution in [-0.2, 0) is 11.2 Å². The summed E-state index contributed by atoms with van der Waals surface area (Å²) in [4.78, 5) is 20.2. The highest BCUT2D eigenvalue weighted by Crippen LogP contribution is 2.25. The van der Waals surface area contributed by atoms with Gasteiger partial charge in [-0.15, -0.1) is 0 Å². The van der Waals surface area contributed by atoms with Crippen LogP contribution in [0, 0.1) is 0 Å². The Kier molecular flexibility index (Phi) is 5.06. The van der Waals surface area contributed by atoms with E-state index in [9.17, 15) is 4.79 Å². The number of benzene rings is 3. The number of rotatable bonds is 6. The number of fused-ring (bicyclic) bond motifs is 1.